The highest BCUT2D eigenvalue weighted by atomic mass is 16.6. The van der Waals surface area contributed by atoms with Gasteiger partial charge in [0.05, 0.1) is 12.2 Å². The van der Waals surface area contributed by atoms with Crippen molar-refractivity contribution in [2.45, 2.75) is 55.4 Å². The molecule has 2 heterocycles. The van der Waals surface area contributed by atoms with Gasteiger partial charge in [-0.3, -0.25) is 19.1 Å². The summed E-state index contributed by atoms with van der Waals surface area (Å²) in [6, 6.07) is -4.05. The molecule has 196 valence electrons. The average Bonchev–Trinajstić information content (AvgIpc) is 3.08. The first-order valence-corrected chi connectivity index (χ1v) is 9.84. The second kappa shape index (κ2) is 11.4. The molecule has 0 aliphatic carbocycles. The van der Waals surface area contributed by atoms with E-state index in [0.717, 1.165) is 6.20 Å². The third-order valence-electron chi connectivity index (χ3n) is 5.11. The Labute approximate surface area is 194 Å². The number of nitrogens with one attached hydrogen (secondary N) is 2. The third-order valence-corrected chi connectivity index (χ3v) is 5.11. The molecule has 2 amide bonds. The molecular formula is C17H25N5O13. The molecule has 0 bridgehead atoms. The minimum absolute atomic E-state index is 0.305. The van der Waals surface area contributed by atoms with Crippen molar-refractivity contribution in [2.24, 2.45) is 11.5 Å². The number of nitrogens with zero attached hydrogens (tertiary/aromatic N) is 1. The molecule has 8 atom stereocenters. The highest BCUT2D eigenvalue weighted by Gasteiger charge is 2.50. The number of H-pyrrole nitrogens is 1. The van der Waals surface area contributed by atoms with E-state index < -0.39 is 91.3 Å². The highest BCUT2D eigenvalue weighted by Crippen LogP contribution is 2.30. The lowest BCUT2D eigenvalue weighted by molar-refractivity contribution is -0.150. The minimum Gasteiger partial charge on any atom is -0.480 e. The molecule has 2 rings (SSSR count). The smallest absolute Gasteiger partial charge is 0.404 e. The molecule has 1 aromatic rings. The molecule has 0 saturated carbocycles. The summed E-state index contributed by atoms with van der Waals surface area (Å²) >= 11 is 0. The molecule has 18 nitrogen and oxygen atoms in total. The summed E-state index contributed by atoms with van der Waals surface area (Å²) in [5.74, 6) is -3.13. The van der Waals surface area contributed by atoms with Crippen LogP contribution >= 0.6 is 0 Å². The van der Waals surface area contributed by atoms with E-state index in [0.29, 0.717) is 4.57 Å². The van der Waals surface area contributed by atoms with Gasteiger partial charge in [-0.05, 0) is 0 Å². The largest absolute Gasteiger partial charge is 0.480 e. The van der Waals surface area contributed by atoms with Gasteiger partial charge in [-0.2, -0.15) is 0 Å². The van der Waals surface area contributed by atoms with Gasteiger partial charge in [0.15, 0.2) is 12.3 Å². The number of aromatic amines is 1. The molecule has 1 aliphatic rings. The molecule has 1 aliphatic heterocycles. The van der Waals surface area contributed by atoms with Crippen LogP contribution < -0.4 is 28.0 Å². The molecule has 18 heteroatoms. The zero-order chi connectivity index (χ0) is 26.6. The van der Waals surface area contributed by atoms with Gasteiger partial charge in [0.25, 0.3) is 5.56 Å². The molecule has 35 heavy (non-hydrogen) atoms. The van der Waals surface area contributed by atoms with E-state index in [1.54, 1.807) is 0 Å². The maximum atomic E-state index is 12.4. The lowest BCUT2D eigenvalue weighted by Crippen LogP contribution is -2.60. The number of carboxylic acid groups (broad SMARTS) is 1. The molecule has 0 unspecified atom stereocenters. The predicted octanol–water partition coefficient (Wildman–Crippen LogP) is -6.64. The van der Waals surface area contributed by atoms with Crippen molar-refractivity contribution in [3.05, 3.63) is 32.6 Å². The van der Waals surface area contributed by atoms with E-state index in [2.05, 4.69) is 4.74 Å². The van der Waals surface area contributed by atoms with E-state index in [1.165, 1.54) is 0 Å². The number of carboxylic acids is 1. The van der Waals surface area contributed by atoms with Crippen molar-refractivity contribution >= 4 is 18.0 Å². The quantitative estimate of drug-likeness (QED) is 0.141. The maximum Gasteiger partial charge on any atom is 0.404 e. The van der Waals surface area contributed by atoms with Crippen LogP contribution in [0.3, 0.4) is 0 Å². The fourth-order valence-electron chi connectivity index (χ4n) is 3.21. The molecular weight excluding hydrogens is 482 g/mol. The van der Waals surface area contributed by atoms with Crippen LogP contribution in [0.25, 0.3) is 0 Å². The van der Waals surface area contributed by atoms with E-state index in [4.69, 9.17) is 16.2 Å². The molecule has 1 aromatic heterocycles. The number of aliphatic hydroxyl groups is 5. The fraction of sp³-hybridized carbons (Fsp3) is 0.588. The number of hydrogen-bond donors (Lipinski definition) is 10. The molecule has 1 saturated heterocycles. The summed E-state index contributed by atoms with van der Waals surface area (Å²) in [6.45, 7) is -1.63. The number of aliphatic carboxylic acids is 1. The van der Waals surface area contributed by atoms with Gasteiger partial charge in [-0.25, -0.2) is 14.4 Å². The summed E-state index contributed by atoms with van der Waals surface area (Å²) < 4.78 is 10.2. The number of primary amides is 1. The highest BCUT2D eigenvalue weighted by molar-refractivity contribution is 5.87. The summed E-state index contributed by atoms with van der Waals surface area (Å²) in [4.78, 5) is 60.3. The Hall–Kier alpha value is -3.39. The Balaban J connectivity index is 2.22. The van der Waals surface area contributed by atoms with Crippen LogP contribution in [0, 0.1) is 0 Å². The van der Waals surface area contributed by atoms with Crippen molar-refractivity contribution in [3.63, 3.8) is 0 Å². The number of hydrogen-bond acceptors (Lipinski definition) is 13. The number of aliphatic hydroxyl groups excluding tert-OH is 5. The topological polar surface area (TPSA) is 310 Å². The number of carbonyl (C=O) groups is 3. The zero-order valence-corrected chi connectivity index (χ0v) is 17.8. The molecule has 0 radical (unpaired) electrons. The van der Waals surface area contributed by atoms with E-state index in [-0.39, 0.29) is 5.56 Å². The fourth-order valence-corrected chi connectivity index (χ4v) is 3.21. The second-order valence-corrected chi connectivity index (χ2v) is 7.49. The van der Waals surface area contributed by atoms with Crippen LogP contribution in [0.1, 0.15) is 11.8 Å². The zero-order valence-electron chi connectivity index (χ0n) is 17.8. The number of ether oxygens (including phenoxy) is 2. The first-order chi connectivity index (χ1) is 16.3. The van der Waals surface area contributed by atoms with Gasteiger partial charge in [0.1, 0.15) is 43.2 Å². The monoisotopic (exact) mass is 507 g/mol. The van der Waals surface area contributed by atoms with Crippen molar-refractivity contribution < 1.29 is 54.5 Å². The number of amides is 2. The van der Waals surface area contributed by atoms with Gasteiger partial charge >= 0.3 is 17.8 Å². The lowest BCUT2D eigenvalue weighted by Gasteiger charge is -2.27. The van der Waals surface area contributed by atoms with E-state index >= 15 is 0 Å². The maximum absolute atomic E-state index is 12.4. The van der Waals surface area contributed by atoms with Crippen molar-refractivity contribution in [3.8, 4) is 0 Å². The minimum atomic E-state index is -2.09. The van der Waals surface area contributed by atoms with Crippen molar-refractivity contribution in [1.82, 2.24) is 14.9 Å². The van der Waals surface area contributed by atoms with Crippen LogP contribution in [0.15, 0.2) is 15.8 Å². The standard InChI is InChI=1S/C17H25N5O13/c18-6(8(25)5(24)3-34-16(19)32)13(29)20-7(15(30)31)11-9(26)10(27)14(35-11)22-1-4(2-23)12(28)21-17(22)33/h1,5-11,14,23-27H,2-3,18H2,(H2,19,32)(H,20,29)(H,30,31)(H,21,28,33)/t5-,6-,7+,8-,9+,10-,11+,14+/m1/s1. The van der Waals surface area contributed by atoms with Crippen molar-refractivity contribution in [2.75, 3.05) is 6.61 Å². The predicted molar refractivity (Wildman–Crippen MR) is 108 cm³/mol. The average molecular weight is 507 g/mol. The van der Waals surface area contributed by atoms with Crippen LogP contribution in [-0.4, -0.2) is 107 Å². The summed E-state index contributed by atoms with van der Waals surface area (Å²) in [6.07, 6.45) is -11.9. The summed E-state index contributed by atoms with van der Waals surface area (Å²) in [7, 11) is 0. The lowest BCUT2D eigenvalue weighted by atomic mass is 10.0. The number of nitrogens with two attached hydrogens (primary N) is 2. The number of aromatic nitrogens is 2. The Morgan fingerprint density at radius 2 is 1.86 bits per heavy atom. The molecule has 1 fully saturated rings. The van der Waals surface area contributed by atoms with Crippen LogP contribution in [-0.2, 0) is 25.7 Å². The van der Waals surface area contributed by atoms with Crippen LogP contribution in [0.2, 0.25) is 0 Å². The Morgan fingerprint density at radius 3 is 2.40 bits per heavy atom. The number of rotatable bonds is 10. The van der Waals surface area contributed by atoms with Gasteiger partial charge in [0.2, 0.25) is 5.91 Å². The number of carbonyl (C=O) groups excluding carboxylic acids is 2. The normalized spacial score (nSPS) is 25.3. The van der Waals surface area contributed by atoms with Gasteiger partial charge in [-0.15, -0.1) is 0 Å². The third kappa shape index (κ3) is 6.19. The van der Waals surface area contributed by atoms with E-state index in [1.807, 2.05) is 10.3 Å². The van der Waals surface area contributed by atoms with E-state index in [9.17, 15) is 54.6 Å². The Morgan fingerprint density at radius 1 is 1.23 bits per heavy atom. The van der Waals surface area contributed by atoms with Crippen LogP contribution in [0.4, 0.5) is 4.79 Å². The van der Waals surface area contributed by atoms with Crippen molar-refractivity contribution in [1.29, 1.82) is 0 Å². The SMILES string of the molecule is NC(=O)OC[C@@H](O)[C@@H](O)[C@@H](N)C(=O)N[C@H](C(=O)O)[C@@H]1O[C@H](n2cc(CO)c(=O)[nH]c2=O)[C@H](O)[C@@H]1O. The van der Waals surface area contributed by atoms with Gasteiger partial charge in [0, 0.05) is 6.20 Å². The van der Waals surface area contributed by atoms with Gasteiger partial charge < -0.3 is 56.9 Å². The summed E-state index contributed by atoms with van der Waals surface area (Å²) in [5.41, 5.74) is 7.89. The molecule has 12 N–H and O–H groups in total. The molecule has 0 spiro atoms. The van der Waals surface area contributed by atoms with Gasteiger partial charge in [-0.1, -0.05) is 0 Å². The molecule has 0 aromatic carbocycles. The Kier molecular flexibility index (Phi) is 9.04. The first-order valence-electron chi connectivity index (χ1n) is 9.84. The summed E-state index contributed by atoms with van der Waals surface area (Å²) in [5, 5.41) is 61.0. The van der Waals surface area contributed by atoms with Crippen LogP contribution in [0.5, 0.6) is 0 Å². The first kappa shape index (κ1) is 27.9. The Bertz CT molecular complexity index is 1060. The second-order valence-electron chi connectivity index (χ2n) is 7.49.